The first-order valence-corrected chi connectivity index (χ1v) is 14.0. The van der Waals surface area contributed by atoms with Gasteiger partial charge in [0.1, 0.15) is 16.7 Å². The van der Waals surface area contributed by atoms with Crippen molar-refractivity contribution in [2.75, 3.05) is 13.2 Å². The van der Waals surface area contributed by atoms with Crippen LogP contribution in [0.25, 0.3) is 0 Å². The van der Waals surface area contributed by atoms with Gasteiger partial charge in [0, 0.05) is 13.6 Å². The van der Waals surface area contributed by atoms with Gasteiger partial charge in [0.15, 0.2) is 0 Å². The first kappa shape index (κ1) is 26.8. The average Bonchev–Trinajstić information content (AvgIpc) is 3.24. The predicted octanol–water partition coefficient (Wildman–Crippen LogP) is 3.76. The molecule has 0 spiro atoms. The van der Waals surface area contributed by atoms with E-state index < -0.39 is 10.0 Å². The lowest BCUT2D eigenvalue weighted by Crippen LogP contribution is -2.35. The van der Waals surface area contributed by atoms with Crippen LogP contribution < -0.4 is 4.74 Å². The summed E-state index contributed by atoms with van der Waals surface area (Å²) in [6, 6.07) is 12.8. The van der Waals surface area contributed by atoms with Gasteiger partial charge in [-0.25, -0.2) is 8.42 Å². The molecule has 0 N–H and O–H groups in total. The quantitative estimate of drug-likeness (QED) is 0.391. The summed E-state index contributed by atoms with van der Waals surface area (Å²) in [6.45, 7) is 6.40. The highest BCUT2D eigenvalue weighted by Gasteiger charge is 2.33. The fraction of sp³-hybridized carbons (Fsp3) is 0.444. The van der Waals surface area contributed by atoms with Crippen molar-refractivity contribution in [3.8, 4) is 5.75 Å². The van der Waals surface area contributed by atoms with Gasteiger partial charge in [-0.2, -0.15) is 19.3 Å². The highest BCUT2D eigenvalue weighted by molar-refractivity contribution is 7.89. The van der Waals surface area contributed by atoms with E-state index in [1.807, 2.05) is 32.0 Å². The summed E-state index contributed by atoms with van der Waals surface area (Å²) in [6.07, 6.45) is 3.00. The molecule has 3 aromatic rings. The van der Waals surface area contributed by atoms with Crippen LogP contribution in [0.4, 0.5) is 0 Å². The molecule has 2 aromatic carbocycles. The summed E-state index contributed by atoms with van der Waals surface area (Å²) in [4.78, 5) is 14.1. The van der Waals surface area contributed by atoms with Crippen molar-refractivity contribution < 1.29 is 22.7 Å². The molecular weight excluding hydrogens is 492 g/mol. The molecule has 37 heavy (non-hydrogen) atoms. The SMILES string of the molecule is CCOC(=O)CC(CCc1cnn(C)n1)c1ccc(C)c(CN2CC(C)Oc3ccccc3S2(=O)=O)c1. The number of ether oxygens (including phenoxy) is 2. The number of fused-ring (bicyclic) bond motifs is 1. The normalized spacial score (nSPS) is 17.9. The number of carbonyl (C=O) groups is 1. The molecule has 0 radical (unpaired) electrons. The van der Waals surface area contributed by atoms with Gasteiger partial charge in [-0.05, 0) is 68.4 Å². The molecule has 2 heterocycles. The smallest absolute Gasteiger partial charge is 0.306 e. The Morgan fingerprint density at radius 3 is 2.76 bits per heavy atom. The van der Waals surface area contributed by atoms with Crippen LogP contribution >= 0.6 is 0 Å². The first-order valence-electron chi connectivity index (χ1n) is 12.5. The molecule has 0 bridgehead atoms. The van der Waals surface area contributed by atoms with Crippen molar-refractivity contribution >= 4 is 16.0 Å². The van der Waals surface area contributed by atoms with Gasteiger partial charge in [-0.3, -0.25) is 4.79 Å². The number of benzene rings is 2. The maximum absolute atomic E-state index is 13.6. The van der Waals surface area contributed by atoms with E-state index in [1.54, 1.807) is 44.4 Å². The van der Waals surface area contributed by atoms with Crippen molar-refractivity contribution in [2.45, 2.75) is 63.5 Å². The molecule has 0 saturated carbocycles. The van der Waals surface area contributed by atoms with E-state index >= 15 is 0 Å². The van der Waals surface area contributed by atoms with E-state index in [2.05, 4.69) is 10.2 Å². The topological polar surface area (TPSA) is 104 Å². The second kappa shape index (κ2) is 11.4. The van der Waals surface area contributed by atoms with Crippen LogP contribution in [0, 0.1) is 6.92 Å². The Morgan fingerprint density at radius 1 is 1.24 bits per heavy atom. The number of rotatable bonds is 9. The van der Waals surface area contributed by atoms with Gasteiger partial charge in [0.25, 0.3) is 0 Å². The van der Waals surface area contributed by atoms with Crippen molar-refractivity contribution in [2.24, 2.45) is 7.05 Å². The minimum absolute atomic E-state index is 0.107. The third-order valence-electron chi connectivity index (χ3n) is 6.56. The van der Waals surface area contributed by atoms with Crippen LogP contribution in [-0.4, -0.2) is 52.9 Å². The first-order chi connectivity index (χ1) is 17.7. The minimum Gasteiger partial charge on any atom is -0.488 e. The monoisotopic (exact) mass is 526 g/mol. The van der Waals surface area contributed by atoms with E-state index in [0.29, 0.717) is 25.2 Å². The number of hydrogen-bond acceptors (Lipinski definition) is 7. The Bertz CT molecular complexity index is 1350. The molecule has 9 nitrogen and oxygen atoms in total. The van der Waals surface area contributed by atoms with Crippen LogP contribution in [-0.2, 0) is 39.6 Å². The van der Waals surface area contributed by atoms with Crippen molar-refractivity contribution in [3.05, 3.63) is 71.0 Å². The lowest BCUT2D eigenvalue weighted by atomic mass is 9.88. The molecule has 198 valence electrons. The number of sulfonamides is 1. The molecule has 2 atom stereocenters. The molecular formula is C27H34N4O5S. The summed E-state index contributed by atoms with van der Waals surface area (Å²) in [5.74, 6) is 0.0112. The number of hydrogen-bond donors (Lipinski definition) is 0. The third-order valence-corrected chi connectivity index (χ3v) is 8.41. The van der Waals surface area contributed by atoms with Crippen LogP contribution in [0.5, 0.6) is 5.75 Å². The van der Waals surface area contributed by atoms with Crippen molar-refractivity contribution in [1.82, 2.24) is 19.3 Å². The number of aromatic nitrogens is 3. The number of carbonyl (C=O) groups excluding carboxylic acids is 1. The van der Waals surface area contributed by atoms with Crippen LogP contribution in [0.15, 0.2) is 53.6 Å². The Labute approximate surface area is 218 Å². The van der Waals surface area contributed by atoms with Crippen molar-refractivity contribution in [1.29, 1.82) is 0 Å². The van der Waals surface area contributed by atoms with E-state index in [9.17, 15) is 13.2 Å². The minimum atomic E-state index is -3.75. The molecule has 1 aliphatic rings. The van der Waals surface area contributed by atoms with Crippen LogP contribution in [0.1, 0.15) is 55.0 Å². The highest BCUT2D eigenvalue weighted by Crippen LogP contribution is 2.33. The third kappa shape index (κ3) is 6.37. The molecule has 0 aliphatic carbocycles. The van der Waals surface area contributed by atoms with E-state index in [1.165, 1.54) is 9.10 Å². The fourth-order valence-electron chi connectivity index (χ4n) is 4.63. The molecule has 10 heteroatoms. The summed E-state index contributed by atoms with van der Waals surface area (Å²) >= 11 is 0. The van der Waals surface area contributed by atoms with Gasteiger partial charge >= 0.3 is 5.97 Å². The Balaban J connectivity index is 1.62. The Hall–Kier alpha value is -3.24. The van der Waals surface area contributed by atoms with Gasteiger partial charge in [-0.1, -0.05) is 30.3 Å². The van der Waals surface area contributed by atoms with Gasteiger partial charge in [0.2, 0.25) is 10.0 Å². The largest absolute Gasteiger partial charge is 0.488 e. The zero-order valence-electron chi connectivity index (χ0n) is 21.8. The lowest BCUT2D eigenvalue weighted by molar-refractivity contribution is -0.143. The summed E-state index contributed by atoms with van der Waals surface area (Å²) in [7, 11) is -1.98. The standard InChI is InChI=1S/C27H34N4O5S/c1-5-35-27(32)15-22(12-13-24-16-28-30(4)29-24)21-11-10-19(2)23(14-21)18-31-17-20(3)36-25-8-6-7-9-26(25)37(31,33)34/h6-11,14,16,20,22H,5,12-13,15,17-18H2,1-4H3. The highest BCUT2D eigenvalue weighted by atomic mass is 32.2. The number of aryl methyl sites for hydroxylation is 3. The molecule has 4 rings (SSSR count). The zero-order valence-corrected chi connectivity index (χ0v) is 22.6. The lowest BCUT2D eigenvalue weighted by Gasteiger charge is -2.24. The number of esters is 1. The number of nitrogens with zero attached hydrogens (tertiary/aromatic N) is 4. The van der Waals surface area contributed by atoms with Gasteiger partial charge in [-0.15, -0.1) is 0 Å². The summed E-state index contributed by atoms with van der Waals surface area (Å²) < 4.78 is 39.7. The molecule has 0 fully saturated rings. The van der Waals surface area contributed by atoms with Crippen LogP contribution in [0.2, 0.25) is 0 Å². The maximum Gasteiger partial charge on any atom is 0.306 e. The van der Waals surface area contributed by atoms with E-state index in [0.717, 1.165) is 22.4 Å². The second-order valence-corrected chi connectivity index (χ2v) is 11.3. The zero-order chi connectivity index (χ0) is 26.6. The molecule has 1 aliphatic heterocycles. The van der Waals surface area contributed by atoms with Gasteiger partial charge in [0.05, 0.1) is 31.5 Å². The summed E-state index contributed by atoms with van der Waals surface area (Å²) in [5.41, 5.74) is 3.69. The Kier molecular flexibility index (Phi) is 8.29. The second-order valence-electron chi connectivity index (χ2n) is 9.43. The summed E-state index contributed by atoms with van der Waals surface area (Å²) in [5, 5.41) is 8.49. The van der Waals surface area contributed by atoms with Crippen molar-refractivity contribution in [3.63, 3.8) is 0 Å². The predicted molar refractivity (Wildman–Crippen MR) is 139 cm³/mol. The maximum atomic E-state index is 13.6. The number of para-hydroxylation sites is 1. The van der Waals surface area contributed by atoms with Gasteiger partial charge < -0.3 is 9.47 Å². The molecule has 2 unspecified atom stereocenters. The van der Waals surface area contributed by atoms with E-state index in [4.69, 9.17) is 9.47 Å². The van der Waals surface area contributed by atoms with E-state index in [-0.39, 0.29) is 42.4 Å². The molecule has 0 amide bonds. The Morgan fingerprint density at radius 2 is 2.03 bits per heavy atom. The average molecular weight is 527 g/mol. The molecule has 1 aromatic heterocycles. The van der Waals surface area contributed by atoms with Crippen LogP contribution in [0.3, 0.4) is 0 Å². The fourth-order valence-corrected chi connectivity index (χ4v) is 6.24. The molecule has 0 saturated heterocycles.